The minimum atomic E-state index is -3.36. The highest BCUT2D eigenvalue weighted by Gasteiger charge is 2.17. The number of aliphatic hydroxyl groups is 1. The molecular weight excluding hydrogens is 507 g/mol. The molecule has 1 saturated heterocycles. The van der Waals surface area contributed by atoms with Gasteiger partial charge in [-0.25, -0.2) is 13.1 Å². The largest absolute Gasteiger partial charge is 0.396 e. The molecule has 0 bridgehead atoms. The van der Waals surface area contributed by atoms with Crippen LogP contribution in [0, 0.1) is 11.8 Å². The van der Waals surface area contributed by atoms with E-state index in [4.69, 9.17) is 4.74 Å². The van der Waals surface area contributed by atoms with Crippen LogP contribution in [-0.4, -0.2) is 70.7 Å². The average Bonchev–Trinajstić information content (AvgIpc) is 2.65. The molecule has 8 nitrogen and oxygen atoms in total. The highest BCUT2D eigenvalue weighted by Crippen LogP contribution is 2.15. The second-order valence-corrected chi connectivity index (χ2v) is 9.74. The molecule has 0 aromatic heterocycles. The quantitative estimate of drug-likeness (QED) is 0.158. The molecule has 1 rings (SSSR count). The Bertz CT molecular complexity index is 540. The maximum absolute atomic E-state index is 12.2. The number of aliphatic imine (C=N–C) groups is 1. The van der Waals surface area contributed by atoms with Crippen molar-refractivity contribution < 1.29 is 18.3 Å². The molecule has 0 aromatic carbocycles. The monoisotopic (exact) mass is 548 g/mol. The van der Waals surface area contributed by atoms with Gasteiger partial charge in [-0.2, -0.15) is 0 Å². The standard InChI is InChI=1S/C19H40N4O4S.HI/c1-4-20-19(22-14-17(8-10-24)13-16(2)3)21-9-12-28(25,26)23-15-18-7-5-6-11-27-18;/h16-18,23-24H,4-15H2,1-3H3,(H2,20,21,22);1H. The van der Waals surface area contributed by atoms with E-state index in [1.165, 1.54) is 0 Å². The lowest BCUT2D eigenvalue weighted by atomic mass is 9.94. The third-order valence-corrected chi connectivity index (χ3v) is 6.01. The summed E-state index contributed by atoms with van der Waals surface area (Å²) < 4.78 is 32.6. The van der Waals surface area contributed by atoms with Crippen molar-refractivity contribution >= 4 is 40.0 Å². The van der Waals surface area contributed by atoms with E-state index in [0.717, 1.165) is 32.1 Å². The average molecular weight is 549 g/mol. The van der Waals surface area contributed by atoms with Crippen LogP contribution in [0.2, 0.25) is 0 Å². The molecule has 1 heterocycles. The van der Waals surface area contributed by atoms with E-state index in [1.807, 2.05) is 6.92 Å². The summed E-state index contributed by atoms with van der Waals surface area (Å²) in [7, 11) is -3.36. The molecule has 2 unspecified atom stereocenters. The van der Waals surface area contributed by atoms with E-state index in [2.05, 4.69) is 34.2 Å². The van der Waals surface area contributed by atoms with Crippen molar-refractivity contribution in [2.45, 2.75) is 59.0 Å². The SMILES string of the molecule is CCNC(=NCC(CCO)CC(C)C)NCCS(=O)(=O)NCC1CCCCO1.I. The third-order valence-electron chi connectivity index (χ3n) is 4.66. The van der Waals surface area contributed by atoms with Crippen LogP contribution in [0.4, 0.5) is 0 Å². The van der Waals surface area contributed by atoms with Gasteiger partial charge in [0.15, 0.2) is 5.96 Å². The van der Waals surface area contributed by atoms with E-state index in [1.54, 1.807) is 0 Å². The summed E-state index contributed by atoms with van der Waals surface area (Å²) in [6, 6.07) is 0. The molecular formula is C19H41IN4O4S. The van der Waals surface area contributed by atoms with Gasteiger partial charge in [-0.05, 0) is 50.9 Å². The Labute approximate surface area is 194 Å². The Balaban J connectivity index is 0.00000784. The molecule has 4 N–H and O–H groups in total. The number of hydrogen-bond donors (Lipinski definition) is 4. The van der Waals surface area contributed by atoms with Gasteiger partial charge in [-0.15, -0.1) is 24.0 Å². The molecule has 1 aliphatic heterocycles. The molecule has 174 valence electrons. The van der Waals surface area contributed by atoms with Crippen molar-refractivity contribution in [2.75, 3.05) is 45.1 Å². The first-order valence-corrected chi connectivity index (χ1v) is 12.2. The molecule has 10 heteroatoms. The lowest BCUT2D eigenvalue weighted by molar-refractivity contribution is 0.0200. The number of nitrogens with zero attached hydrogens (tertiary/aromatic N) is 1. The van der Waals surface area contributed by atoms with Crippen LogP contribution < -0.4 is 15.4 Å². The Morgan fingerprint density at radius 2 is 2.03 bits per heavy atom. The number of guanidine groups is 1. The zero-order valence-corrected chi connectivity index (χ0v) is 21.3. The molecule has 29 heavy (non-hydrogen) atoms. The summed E-state index contributed by atoms with van der Waals surface area (Å²) in [5.41, 5.74) is 0. The first-order chi connectivity index (χ1) is 13.4. The lowest BCUT2D eigenvalue weighted by Crippen LogP contribution is -2.42. The summed E-state index contributed by atoms with van der Waals surface area (Å²) in [6.45, 7) is 9.09. The molecule has 0 radical (unpaired) electrons. The number of rotatable bonds is 13. The van der Waals surface area contributed by atoms with Crippen molar-refractivity contribution in [1.82, 2.24) is 15.4 Å². The summed E-state index contributed by atoms with van der Waals surface area (Å²) in [5.74, 6) is 1.46. The smallest absolute Gasteiger partial charge is 0.213 e. The molecule has 0 amide bonds. The van der Waals surface area contributed by atoms with Gasteiger partial charge in [0.25, 0.3) is 0 Å². The van der Waals surface area contributed by atoms with E-state index in [-0.39, 0.29) is 49.0 Å². The number of sulfonamides is 1. The molecule has 0 spiro atoms. The molecule has 0 aliphatic carbocycles. The van der Waals surface area contributed by atoms with Crippen LogP contribution in [0.15, 0.2) is 4.99 Å². The van der Waals surface area contributed by atoms with E-state index in [0.29, 0.717) is 44.0 Å². The second kappa shape index (κ2) is 16.5. The van der Waals surface area contributed by atoms with Crippen molar-refractivity contribution in [3.63, 3.8) is 0 Å². The lowest BCUT2D eigenvalue weighted by Gasteiger charge is -2.22. The topological polar surface area (TPSA) is 112 Å². The van der Waals surface area contributed by atoms with E-state index >= 15 is 0 Å². The fraction of sp³-hybridized carbons (Fsp3) is 0.947. The Morgan fingerprint density at radius 3 is 2.62 bits per heavy atom. The van der Waals surface area contributed by atoms with Crippen LogP contribution in [0.1, 0.15) is 52.9 Å². The van der Waals surface area contributed by atoms with Crippen molar-refractivity contribution in [3.8, 4) is 0 Å². The van der Waals surface area contributed by atoms with Gasteiger partial charge in [-0.3, -0.25) is 4.99 Å². The van der Waals surface area contributed by atoms with Crippen LogP contribution >= 0.6 is 24.0 Å². The zero-order chi connectivity index (χ0) is 20.8. The maximum Gasteiger partial charge on any atom is 0.213 e. The van der Waals surface area contributed by atoms with Gasteiger partial charge in [0, 0.05) is 39.4 Å². The zero-order valence-electron chi connectivity index (χ0n) is 18.2. The minimum absolute atomic E-state index is 0. The van der Waals surface area contributed by atoms with E-state index < -0.39 is 10.0 Å². The first-order valence-electron chi connectivity index (χ1n) is 10.6. The fourth-order valence-corrected chi connectivity index (χ4v) is 4.21. The Morgan fingerprint density at radius 1 is 1.28 bits per heavy atom. The normalized spacial score (nSPS) is 18.9. The van der Waals surface area contributed by atoms with Gasteiger partial charge in [0.2, 0.25) is 10.0 Å². The van der Waals surface area contributed by atoms with E-state index in [9.17, 15) is 13.5 Å². The number of ether oxygens (including phenoxy) is 1. The summed E-state index contributed by atoms with van der Waals surface area (Å²) in [5, 5.41) is 15.5. The first kappa shape index (κ1) is 28.8. The summed E-state index contributed by atoms with van der Waals surface area (Å²) in [4.78, 5) is 4.57. The summed E-state index contributed by atoms with van der Waals surface area (Å²) in [6.07, 6.45) is 4.76. The minimum Gasteiger partial charge on any atom is -0.396 e. The fourth-order valence-electron chi connectivity index (χ4n) is 3.26. The van der Waals surface area contributed by atoms with Gasteiger partial charge in [-0.1, -0.05) is 13.8 Å². The van der Waals surface area contributed by atoms with Crippen LogP contribution in [0.3, 0.4) is 0 Å². The third kappa shape index (κ3) is 14.5. The number of aliphatic hydroxyl groups excluding tert-OH is 1. The van der Waals surface area contributed by atoms with Gasteiger partial charge in [0.1, 0.15) is 0 Å². The highest BCUT2D eigenvalue weighted by atomic mass is 127. The molecule has 0 aromatic rings. The van der Waals surface area contributed by atoms with Crippen molar-refractivity contribution in [2.24, 2.45) is 16.8 Å². The number of hydrogen-bond acceptors (Lipinski definition) is 5. The number of halogens is 1. The predicted molar refractivity (Wildman–Crippen MR) is 129 cm³/mol. The van der Waals surface area contributed by atoms with Crippen molar-refractivity contribution in [1.29, 1.82) is 0 Å². The van der Waals surface area contributed by atoms with Gasteiger partial charge >= 0.3 is 0 Å². The Hall–Kier alpha value is -0.170. The highest BCUT2D eigenvalue weighted by molar-refractivity contribution is 14.0. The van der Waals surface area contributed by atoms with Crippen molar-refractivity contribution in [3.05, 3.63) is 0 Å². The predicted octanol–water partition coefficient (Wildman–Crippen LogP) is 1.69. The van der Waals surface area contributed by atoms with Crippen LogP contribution in [0.25, 0.3) is 0 Å². The summed E-state index contributed by atoms with van der Waals surface area (Å²) >= 11 is 0. The molecule has 1 fully saturated rings. The molecule has 2 atom stereocenters. The van der Waals surface area contributed by atoms with Crippen LogP contribution in [0.5, 0.6) is 0 Å². The molecule has 0 saturated carbocycles. The number of nitrogens with one attached hydrogen (secondary N) is 3. The second-order valence-electron chi connectivity index (χ2n) is 7.81. The Kier molecular flexibility index (Phi) is 16.4. The van der Waals surface area contributed by atoms with Gasteiger partial charge in [0.05, 0.1) is 11.9 Å². The maximum atomic E-state index is 12.2. The van der Waals surface area contributed by atoms with Crippen LogP contribution in [-0.2, 0) is 14.8 Å². The molecule has 1 aliphatic rings. The van der Waals surface area contributed by atoms with Gasteiger partial charge < -0.3 is 20.5 Å².